The molecule has 0 aliphatic heterocycles. The van der Waals surface area contributed by atoms with Crippen LogP contribution in [0.25, 0.3) is 0 Å². The van der Waals surface area contributed by atoms with E-state index in [9.17, 15) is 0 Å². The zero-order valence-corrected chi connectivity index (χ0v) is 11.2. The average Bonchev–Trinajstić information content (AvgIpc) is 2.78. The van der Waals surface area contributed by atoms with Crippen LogP contribution in [0.5, 0.6) is 0 Å². The largest absolute Gasteiger partial charge is 0.222 e. The monoisotopic (exact) mass is 238 g/mol. The Morgan fingerprint density at radius 2 is 0.923 bits per heavy atom. The van der Waals surface area contributed by atoms with E-state index in [0.29, 0.717) is 0 Å². The van der Waals surface area contributed by atoms with E-state index in [1.807, 2.05) is 0 Å². The fourth-order valence-corrected chi connectivity index (χ4v) is 2.86. The predicted octanol–water partition coefficient (Wildman–Crippen LogP) is 3.83. The molecule has 0 N–H and O–H groups in total. The zero-order chi connectivity index (χ0) is 9.52. The molecule has 2 fully saturated rings. The van der Waals surface area contributed by atoms with Crippen molar-refractivity contribution in [3.05, 3.63) is 0 Å². The van der Waals surface area contributed by atoms with Crippen molar-refractivity contribution in [1.82, 2.24) is 0 Å². The van der Waals surface area contributed by atoms with Crippen LogP contribution in [-0.2, 0) is 0 Å². The molecule has 0 aromatic carbocycles. The third kappa shape index (κ3) is 4.22. The summed E-state index contributed by atoms with van der Waals surface area (Å²) in [5.41, 5.74) is 0. The van der Waals surface area contributed by atoms with Crippen LogP contribution in [0.15, 0.2) is 0 Å². The first-order chi connectivity index (χ1) is 6.38. The lowest BCUT2D eigenvalue weighted by molar-refractivity contribution is 0.347. The summed E-state index contributed by atoms with van der Waals surface area (Å²) in [6.45, 7) is 0. The maximum absolute atomic E-state index is 4.90. The van der Waals surface area contributed by atoms with Gasteiger partial charge in [-0.3, -0.25) is 0 Å². The first-order valence-corrected chi connectivity index (χ1v) is 9.78. The molecule has 2 aliphatic carbocycles. The minimum atomic E-state index is -0.639. The van der Waals surface area contributed by atoms with Gasteiger partial charge < -0.3 is 0 Å². The topological polar surface area (TPSA) is 0 Å². The van der Waals surface area contributed by atoms with Crippen molar-refractivity contribution in [2.75, 3.05) is 0 Å². The van der Waals surface area contributed by atoms with E-state index in [-0.39, 0.29) is 0 Å². The van der Waals surface area contributed by atoms with Crippen LogP contribution in [0.3, 0.4) is 0 Å². The maximum Gasteiger partial charge on any atom is 0.222 e. The molecule has 0 aromatic heterocycles. The molecule has 0 spiro atoms. The molecule has 2 rings (SSSR count). The lowest BCUT2D eigenvalue weighted by Crippen LogP contribution is -2.06. The van der Waals surface area contributed by atoms with Gasteiger partial charge in [0.1, 0.15) is 0 Å². The van der Waals surface area contributed by atoms with Crippen molar-refractivity contribution in [3.63, 3.8) is 0 Å². The van der Waals surface area contributed by atoms with E-state index in [2.05, 4.69) is 0 Å². The highest BCUT2D eigenvalue weighted by atomic mass is 35.7. The van der Waals surface area contributed by atoms with Gasteiger partial charge >= 0.3 is 0 Å². The quantitative estimate of drug-likeness (QED) is 0.482. The molecule has 0 nitrogen and oxygen atoms in total. The molecule has 3 heteroatoms. The van der Waals surface area contributed by atoms with Crippen molar-refractivity contribution in [1.29, 1.82) is 0 Å². The van der Waals surface area contributed by atoms with Gasteiger partial charge in [0, 0.05) is 0 Å². The van der Waals surface area contributed by atoms with Crippen molar-refractivity contribution in [2.24, 2.45) is 11.8 Å². The van der Waals surface area contributed by atoms with E-state index in [1.54, 1.807) is 25.7 Å². The van der Waals surface area contributed by atoms with E-state index in [4.69, 9.17) is 22.2 Å². The summed E-state index contributed by atoms with van der Waals surface area (Å²) in [6, 6.07) is 0. The summed E-state index contributed by atoms with van der Waals surface area (Å²) in [7, 11) is -0.639. The fraction of sp³-hybridized carbons (Fsp3) is 1.00. The lowest BCUT2D eigenvalue weighted by Gasteiger charge is -2.16. The van der Waals surface area contributed by atoms with Crippen molar-refractivity contribution in [3.8, 4) is 0 Å². The van der Waals surface area contributed by atoms with Crippen LogP contribution in [0.4, 0.5) is 0 Å². The first kappa shape index (κ1) is 11.9. The summed E-state index contributed by atoms with van der Waals surface area (Å²) in [6.07, 6.45) is 12.4. The predicted molar refractivity (Wildman–Crippen MR) is 64.2 cm³/mol. The van der Waals surface area contributed by atoms with E-state index in [0.717, 1.165) is 11.8 Å². The van der Waals surface area contributed by atoms with Gasteiger partial charge in [-0.05, 0) is 11.8 Å². The van der Waals surface area contributed by atoms with Crippen LogP contribution in [0.1, 0.15) is 51.4 Å². The Morgan fingerprint density at radius 3 is 1.15 bits per heavy atom. The highest BCUT2D eigenvalue weighted by molar-refractivity contribution is 7.22. The lowest BCUT2D eigenvalue weighted by atomic mass is 9.90. The average molecular weight is 239 g/mol. The third-order valence-electron chi connectivity index (χ3n) is 3.47. The second kappa shape index (κ2) is 7.14. The molecule has 13 heavy (non-hydrogen) atoms. The molecular formula is C10H20Cl2Si. The molecule has 0 heterocycles. The number of hydrogen-bond acceptors (Lipinski definition) is 0. The second-order valence-corrected chi connectivity index (χ2v) is 6.82. The molecule has 0 aromatic rings. The van der Waals surface area contributed by atoms with Gasteiger partial charge in [-0.1, -0.05) is 51.4 Å². The number of rotatable bonds is 1. The van der Waals surface area contributed by atoms with Crippen LogP contribution < -0.4 is 0 Å². The van der Waals surface area contributed by atoms with E-state index in [1.165, 1.54) is 25.7 Å². The Hall–Kier alpha value is 0.797. The highest BCUT2D eigenvalue weighted by Gasteiger charge is 2.26. The van der Waals surface area contributed by atoms with Gasteiger partial charge in [0.05, 0.1) is 0 Å². The maximum atomic E-state index is 4.90. The summed E-state index contributed by atoms with van der Waals surface area (Å²) < 4.78 is 0. The summed E-state index contributed by atoms with van der Waals surface area (Å²) >= 11 is 9.81. The molecule has 2 saturated carbocycles. The van der Waals surface area contributed by atoms with Crippen LogP contribution in [0.2, 0.25) is 0 Å². The Labute approximate surface area is 93.6 Å². The number of hydrogen-bond donors (Lipinski definition) is 0. The van der Waals surface area contributed by atoms with Crippen molar-refractivity contribution < 1.29 is 0 Å². The molecule has 0 atom stereocenters. The second-order valence-electron chi connectivity index (χ2n) is 4.19. The first-order valence-electron chi connectivity index (χ1n) is 5.50. The fourth-order valence-electron chi connectivity index (χ4n) is 2.86. The summed E-state index contributed by atoms with van der Waals surface area (Å²) in [5.74, 6) is 2.31. The Kier molecular flexibility index (Phi) is 6.52. The summed E-state index contributed by atoms with van der Waals surface area (Å²) in [4.78, 5) is 0. The Balaban J connectivity index is 0.000000251. The van der Waals surface area contributed by atoms with Crippen LogP contribution in [-0.4, -0.2) is 8.14 Å². The van der Waals surface area contributed by atoms with E-state index < -0.39 is 8.14 Å². The van der Waals surface area contributed by atoms with Gasteiger partial charge in [0.15, 0.2) is 0 Å². The third-order valence-corrected chi connectivity index (χ3v) is 3.47. The van der Waals surface area contributed by atoms with Crippen LogP contribution in [0, 0.1) is 11.8 Å². The molecule has 0 saturated heterocycles. The molecule has 0 amide bonds. The molecule has 0 bridgehead atoms. The molecular weight excluding hydrogens is 219 g/mol. The molecule has 0 unspecified atom stereocenters. The van der Waals surface area contributed by atoms with Crippen molar-refractivity contribution >= 4 is 30.3 Å². The Morgan fingerprint density at radius 1 is 0.692 bits per heavy atom. The van der Waals surface area contributed by atoms with Gasteiger partial charge in [-0.25, -0.2) is 0 Å². The summed E-state index contributed by atoms with van der Waals surface area (Å²) in [5, 5.41) is 0. The molecule has 0 radical (unpaired) electrons. The van der Waals surface area contributed by atoms with Gasteiger partial charge in [-0.15, -0.1) is 0 Å². The number of halogens is 2. The smallest absolute Gasteiger partial charge is 0.155 e. The minimum absolute atomic E-state index is 0.639. The van der Waals surface area contributed by atoms with Gasteiger partial charge in [0.2, 0.25) is 8.14 Å². The standard InChI is InChI=1S/C10H18.Cl2H2Si/c1-2-6-9(5-1)10-7-3-4-8-10;1-3-2/h9-10H,1-8H2;3H2. The molecule has 2 aliphatic rings. The van der Waals surface area contributed by atoms with Crippen molar-refractivity contribution in [2.45, 2.75) is 51.4 Å². The SMILES string of the molecule is C1CCC(C2CCCC2)C1.Cl[SiH2]Cl. The minimum Gasteiger partial charge on any atom is -0.155 e. The van der Waals surface area contributed by atoms with Gasteiger partial charge in [-0.2, -0.15) is 22.2 Å². The molecule has 78 valence electrons. The van der Waals surface area contributed by atoms with E-state index >= 15 is 0 Å². The zero-order valence-electron chi connectivity index (χ0n) is 8.27. The normalized spacial score (nSPS) is 24.5. The Bertz CT molecular complexity index is 104. The van der Waals surface area contributed by atoms with Crippen LogP contribution >= 0.6 is 22.2 Å². The van der Waals surface area contributed by atoms with Gasteiger partial charge in [0.25, 0.3) is 0 Å². The highest BCUT2D eigenvalue weighted by Crippen LogP contribution is 2.39.